The molecule has 0 spiro atoms. The fraction of sp³-hybridized carbons (Fsp3) is 0.233. The molecular formula is C30H28GdO2. The predicted octanol–water partition coefficient (Wildman–Crippen LogP) is 5.86. The van der Waals surface area contributed by atoms with E-state index >= 15 is 0 Å². The molecule has 3 aromatic rings. The van der Waals surface area contributed by atoms with Crippen LogP contribution in [0.3, 0.4) is 0 Å². The van der Waals surface area contributed by atoms with Gasteiger partial charge in [0, 0.05) is 6.42 Å². The summed E-state index contributed by atoms with van der Waals surface area (Å²) in [6.45, 7) is 2.26. The summed E-state index contributed by atoms with van der Waals surface area (Å²) in [4.78, 5) is 0. The van der Waals surface area contributed by atoms with E-state index in [4.69, 9.17) is 15.9 Å². The zero-order valence-electron chi connectivity index (χ0n) is 19.2. The maximum absolute atomic E-state index is 6.76. The summed E-state index contributed by atoms with van der Waals surface area (Å²) in [5, 5.41) is 0. The number of benzene rings is 3. The molecule has 1 aliphatic carbocycles. The molecular weight excluding hydrogens is 550 g/mol. The zero-order valence-corrected chi connectivity index (χ0v) is 21.5. The van der Waals surface area contributed by atoms with E-state index in [1.165, 1.54) is 11.1 Å². The molecule has 0 saturated heterocycles. The minimum Gasteiger partial charge on any atom is -0.693 e. The van der Waals surface area contributed by atoms with Crippen molar-refractivity contribution in [3.8, 4) is 29.3 Å². The summed E-state index contributed by atoms with van der Waals surface area (Å²) in [5.41, 5.74) is 3.80. The van der Waals surface area contributed by atoms with Crippen LogP contribution in [0.5, 0.6) is 11.5 Å². The van der Waals surface area contributed by atoms with E-state index in [1.807, 2.05) is 36.4 Å². The number of hydrogen-bond donors (Lipinski definition) is 0. The molecule has 0 amide bonds. The van der Waals surface area contributed by atoms with Crippen LogP contribution in [0.15, 0.2) is 78.9 Å². The Labute approximate surface area is 230 Å². The van der Waals surface area contributed by atoms with E-state index in [-0.39, 0.29) is 45.4 Å². The van der Waals surface area contributed by atoms with E-state index in [9.17, 15) is 0 Å². The third-order valence-electron chi connectivity index (χ3n) is 5.61. The Hall–Kier alpha value is -2.30. The second-order valence-corrected chi connectivity index (χ2v) is 7.84. The van der Waals surface area contributed by atoms with Crippen molar-refractivity contribution in [1.82, 2.24) is 0 Å². The van der Waals surface area contributed by atoms with Crippen molar-refractivity contribution in [2.45, 2.75) is 25.2 Å². The average Bonchev–Trinajstić information content (AvgIpc) is 3.52. The Kier molecular flexibility index (Phi) is 11.0. The first-order valence-electron chi connectivity index (χ1n) is 10.6. The Bertz CT molecular complexity index is 1090. The Morgan fingerprint density at radius 2 is 1.33 bits per heavy atom. The smallest absolute Gasteiger partial charge is 0.693 e. The topological polar surface area (TPSA) is 18.5 Å². The van der Waals surface area contributed by atoms with Gasteiger partial charge < -0.3 is 28.2 Å². The number of hydrogen-bond acceptors (Lipinski definition) is 2. The van der Waals surface area contributed by atoms with Gasteiger partial charge in [0.15, 0.2) is 0 Å². The van der Waals surface area contributed by atoms with Crippen LogP contribution in [0.1, 0.15) is 23.6 Å². The van der Waals surface area contributed by atoms with Gasteiger partial charge in [-0.25, -0.2) is 0 Å². The number of methoxy groups -OCH3 is 2. The zero-order chi connectivity index (χ0) is 22.8. The van der Waals surface area contributed by atoms with E-state index in [2.05, 4.69) is 73.6 Å². The summed E-state index contributed by atoms with van der Waals surface area (Å²) >= 11 is 0. The maximum Gasteiger partial charge on any atom is 2.00 e. The standard InChI is InChI=1S/C20H19O.C10H9O.Gd/c1-20(17-8-4-3-5-9-17)15-18(20)10-6-7-16-11-13-19(21-2)14-12-16;1-3-4-9-5-7-10(11-2)8-6-9;/h3-5,8-9,11-15,18H,7H2,1-2H3;5-8H,4H2,2H3;/q2*-1;+2/t18?,20-;;/m0../s1. The molecule has 168 valence electrons. The summed E-state index contributed by atoms with van der Waals surface area (Å²) in [5.74, 6) is 11.1. The molecule has 1 unspecified atom stereocenters. The first kappa shape index (κ1) is 27.0. The first-order valence-corrected chi connectivity index (χ1v) is 10.6. The SMILES string of the molecule is COc1ccc(CC#CC2[CH-][C@@]2(C)c2ccccc2)cc1.[C-]#CCc1ccc(OC)cc1.[Gd+2]. The minimum absolute atomic E-state index is 0. The third kappa shape index (κ3) is 7.91. The molecule has 3 aromatic carbocycles. The van der Waals surface area contributed by atoms with Gasteiger partial charge in [-0.3, -0.25) is 0 Å². The van der Waals surface area contributed by atoms with Gasteiger partial charge in [-0.05, 0) is 41.8 Å². The van der Waals surface area contributed by atoms with Gasteiger partial charge in [-0.1, -0.05) is 67.1 Å². The van der Waals surface area contributed by atoms with Crippen LogP contribution in [0.4, 0.5) is 0 Å². The average molecular weight is 578 g/mol. The van der Waals surface area contributed by atoms with Gasteiger partial charge in [0.25, 0.3) is 0 Å². The maximum atomic E-state index is 6.76. The van der Waals surface area contributed by atoms with Gasteiger partial charge in [0.2, 0.25) is 0 Å². The van der Waals surface area contributed by atoms with Crippen molar-refractivity contribution >= 4 is 0 Å². The molecule has 2 atom stereocenters. The van der Waals surface area contributed by atoms with Crippen LogP contribution in [0, 0.1) is 76.5 Å². The summed E-state index contributed by atoms with van der Waals surface area (Å²) in [6, 6.07) is 26.3. The van der Waals surface area contributed by atoms with Gasteiger partial charge in [0.1, 0.15) is 11.5 Å². The second-order valence-electron chi connectivity index (χ2n) is 7.84. The Morgan fingerprint density at radius 1 is 0.818 bits per heavy atom. The van der Waals surface area contributed by atoms with E-state index in [0.717, 1.165) is 23.5 Å². The third-order valence-corrected chi connectivity index (χ3v) is 5.61. The molecule has 4 rings (SSSR count). The summed E-state index contributed by atoms with van der Waals surface area (Å²) < 4.78 is 10.1. The molecule has 0 bridgehead atoms. The van der Waals surface area contributed by atoms with Crippen molar-refractivity contribution in [2.75, 3.05) is 14.2 Å². The molecule has 1 fully saturated rings. The van der Waals surface area contributed by atoms with Gasteiger partial charge in [0.05, 0.1) is 14.2 Å². The predicted molar refractivity (Wildman–Crippen MR) is 130 cm³/mol. The monoisotopic (exact) mass is 578 g/mol. The molecule has 33 heavy (non-hydrogen) atoms. The molecule has 0 radical (unpaired) electrons. The first-order chi connectivity index (χ1) is 15.6. The quantitative estimate of drug-likeness (QED) is 0.279. The van der Waals surface area contributed by atoms with Crippen molar-refractivity contribution in [1.29, 1.82) is 0 Å². The van der Waals surface area contributed by atoms with Crippen molar-refractivity contribution in [2.24, 2.45) is 5.92 Å². The fourth-order valence-electron chi connectivity index (χ4n) is 3.41. The molecule has 0 N–H and O–H groups in total. The van der Waals surface area contributed by atoms with Crippen LogP contribution >= 0.6 is 0 Å². The Morgan fingerprint density at radius 3 is 1.82 bits per heavy atom. The molecule has 3 heteroatoms. The van der Waals surface area contributed by atoms with Crippen LogP contribution in [-0.2, 0) is 18.3 Å². The number of rotatable bonds is 5. The van der Waals surface area contributed by atoms with E-state index in [0.29, 0.717) is 12.3 Å². The summed E-state index contributed by atoms with van der Waals surface area (Å²) in [6.07, 6.45) is 10.4. The molecule has 0 heterocycles. The number of ether oxygens (including phenoxy) is 2. The molecule has 1 saturated carbocycles. The summed E-state index contributed by atoms with van der Waals surface area (Å²) in [7, 11) is 3.32. The van der Waals surface area contributed by atoms with Crippen molar-refractivity contribution in [3.05, 3.63) is 108 Å². The van der Waals surface area contributed by atoms with Crippen LogP contribution < -0.4 is 9.47 Å². The van der Waals surface area contributed by atoms with Crippen LogP contribution in [0.2, 0.25) is 0 Å². The van der Waals surface area contributed by atoms with Crippen LogP contribution in [0.25, 0.3) is 0 Å². The normalized spacial score (nSPS) is 17.6. The van der Waals surface area contributed by atoms with Gasteiger partial charge in [-0.15, -0.1) is 23.2 Å². The largest absolute Gasteiger partial charge is 2.00 e. The van der Waals surface area contributed by atoms with Crippen molar-refractivity contribution < 1.29 is 49.4 Å². The van der Waals surface area contributed by atoms with Crippen molar-refractivity contribution in [3.63, 3.8) is 0 Å². The van der Waals surface area contributed by atoms with Crippen LogP contribution in [-0.4, -0.2) is 14.2 Å². The fourth-order valence-corrected chi connectivity index (χ4v) is 3.41. The molecule has 0 aliphatic heterocycles. The molecule has 2 nitrogen and oxygen atoms in total. The van der Waals surface area contributed by atoms with Gasteiger partial charge >= 0.3 is 39.9 Å². The molecule has 1 aliphatic rings. The van der Waals surface area contributed by atoms with Gasteiger partial charge in [-0.2, -0.15) is 0 Å². The van der Waals surface area contributed by atoms with E-state index in [1.54, 1.807) is 14.2 Å². The van der Waals surface area contributed by atoms with E-state index < -0.39 is 0 Å². The second kappa shape index (κ2) is 13.4. The molecule has 0 aromatic heterocycles. The Balaban J connectivity index is 0.000000274. The minimum atomic E-state index is 0.